The number of piperidine rings is 1. The molecule has 334 valence electrons. The van der Waals surface area contributed by atoms with Crippen molar-refractivity contribution in [2.45, 2.75) is 54.9 Å². The van der Waals surface area contributed by atoms with Gasteiger partial charge in [-0.1, -0.05) is 152 Å². The Hall–Kier alpha value is -6.89. The number of aromatic nitrogens is 4. The third-order valence-corrected chi connectivity index (χ3v) is 13.3. The van der Waals surface area contributed by atoms with E-state index in [9.17, 15) is 5.11 Å². The number of aliphatic hydroxyl groups excluding tert-OH is 1. The van der Waals surface area contributed by atoms with E-state index < -0.39 is 29.6 Å². The highest BCUT2D eigenvalue weighted by molar-refractivity contribution is 5.84. The van der Waals surface area contributed by atoms with Gasteiger partial charge in [0.25, 0.3) is 0 Å². The standard InChI is InChI=1S/C55H54N6O5/c1-63-45-30-26-41(27-31-45)54(39-18-8-3-9-19-39,40-20-10-4-11-21-40)59-51-48-52(57-37-56-51)61(38-58-48)53-50(62)49(60-34-16-7-17-35-60)47(66-53)36-65-55(42-22-12-5-13-23-42,43-24-14-6-15-25-43)44-28-32-46(64-2)33-29-44/h3-6,8-15,18-33,37-38,47,49-50,53,62H,7,16-17,34-36H2,1-2H3,(H,56,57,59)/t47-,49-,50+,53-/m1/s1. The van der Waals surface area contributed by atoms with Crippen molar-refractivity contribution >= 4 is 17.0 Å². The van der Waals surface area contributed by atoms with E-state index in [1.807, 2.05) is 102 Å². The van der Waals surface area contributed by atoms with Gasteiger partial charge < -0.3 is 29.4 Å². The van der Waals surface area contributed by atoms with Gasteiger partial charge in [-0.05, 0) is 83.6 Å². The zero-order valence-corrected chi connectivity index (χ0v) is 37.2. The molecule has 0 unspecified atom stereocenters. The molecule has 66 heavy (non-hydrogen) atoms. The lowest BCUT2D eigenvalue weighted by Gasteiger charge is -2.39. The molecule has 2 aliphatic heterocycles. The first-order chi connectivity index (χ1) is 32.5. The minimum absolute atomic E-state index is 0.178. The summed E-state index contributed by atoms with van der Waals surface area (Å²) < 4.78 is 27.5. The van der Waals surface area contributed by atoms with E-state index in [0.717, 1.165) is 77.2 Å². The molecule has 2 N–H and O–H groups in total. The number of nitrogens with zero attached hydrogens (tertiary/aromatic N) is 5. The van der Waals surface area contributed by atoms with Crippen molar-refractivity contribution < 1.29 is 24.1 Å². The molecule has 0 bridgehead atoms. The number of nitrogens with one attached hydrogen (secondary N) is 1. The monoisotopic (exact) mass is 878 g/mol. The summed E-state index contributed by atoms with van der Waals surface area (Å²) in [7, 11) is 3.34. The SMILES string of the molecule is COc1ccc(C(Nc2ncnc3c2ncn3[C@@H]2O[C@H](COC(c3ccccc3)(c3ccccc3)c3ccc(OC)cc3)[C@@H](N3CCCCC3)[C@@H]2O)(c2ccccc2)c2ccccc2)cc1. The van der Waals surface area contributed by atoms with Crippen LogP contribution in [-0.4, -0.2) is 81.7 Å². The molecule has 2 aliphatic rings. The maximum absolute atomic E-state index is 12.6. The molecule has 4 heterocycles. The highest BCUT2D eigenvalue weighted by atomic mass is 16.6. The highest BCUT2D eigenvalue weighted by Gasteiger charge is 2.50. The van der Waals surface area contributed by atoms with Crippen LogP contribution in [-0.2, 0) is 20.6 Å². The van der Waals surface area contributed by atoms with E-state index in [1.54, 1.807) is 26.9 Å². The smallest absolute Gasteiger partial charge is 0.167 e. The molecule has 6 aromatic carbocycles. The lowest BCUT2D eigenvalue weighted by Crippen LogP contribution is -2.51. The molecular formula is C55H54N6O5. The first-order valence-corrected chi connectivity index (χ1v) is 22.7. The number of likely N-dealkylation sites (tertiary alicyclic amines) is 1. The molecule has 2 aromatic heterocycles. The number of fused-ring (bicyclic) bond motifs is 1. The summed E-state index contributed by atoms with van der Waals surface area (Å²) in [4.78, 5) is 17.0. The highest BCUT2D eigenvalue weighted by Crippen LogP contribution is 2.45. The van der Waals surface area contributed by atoms with E-state index in [2.05, 4.69) is 83.0 Å². The zero-order valence-electron chi connectivity index (χ0n) is 37.2. The molecule has 2 saturated heterocycles. The summed E-state index contributed by atoms with van der Waals surface area (Å²) in [6.45, 7) is 1.88. The number of ether oxygens (including phenoxy) is 4. The topological polar surface area (TPSA) is 116 Å². The summed E-state index contributed by atoms with van der Waals surface area (Å²) in [5.41, 5.74) is 5.03. The van der Waals surface area contributed by atoms with E-state index in [4.69, 9.17) is 33.9 Å². The third kappa shape index (κ3) is 7.87. The van der Waals surface area contributed by atoms with Crippen LogP contribution in [0.15, 0.2) is 183 Å². The second-order valence-corrected chi connectivity index (χ2v) is 17.0. The second kappa shape index (κ2) is 18.9. The van der Waals surface area contributed by atoms with Gasteiger partial charge in [0.1, 0.15) is 41.2 Å². The average Bonchev–Trinajstić information content (AvgIpc) is 3.98. The van der Waals surface area contributed by atoms with Gasteiger partial charge in [0.15, 0.2) is 23.2 Å². The summed E-state index contributed by atoms with van der Waals surface area (Å²) in [5.74, 6) is 2.03. The number of hydrogen-bond acceptors (Lipinski definition) is 10. The van der Waals surface area contributed by atoms with Gasteiger partial charge >= 0.3 is 0 Å². The van der Waals surface area contributed by atoms with Crippen molar-refractivity contribution in [2.24, 2.45) is 0 Å². The number of imidazole rings is 1. The second-order valence-electron chi connectivity index (χ2n) is 17.0. The molecule has 11 nitrogen and oxygen atoms in total. The Morgan fingerprint density at radius 1 is 0.606 bits per heavy atom. The summed E-state index contributed by atoms with van der Waals surface area (Å²) in [6, 6.07) is 57.1. The van der Waals surface area contributed by atoms with Crippen molar-refractivity contribution in [3.8, 4) is 11.5 Å². The Morgan fingerprint density at radius 2 is 1.09 bits per heavy atom. The van der Waals surface area contributed by atoms with Crippen molar-refractivity contribution in [3.63, 3.8) is 0 Å². The fraction of sp³-hybridized carbons (Fsp3) is 0.255. The Balaban J connectivity index is 1.04. The lowest BCUT2D eigenvalue weighted by atomic mass is 9.77. The summed E-state index contributed by atoms with van der Waals surface area (Å²) >= 11 is 0. The Morgan fingerprint density at radius 3 is 1.62 bits per heavy atom. The predicted octanol–water partition coefficient (Wildman–Crippen LogP) is 9.37. The number of anilines is 1. The molecule has 0 spiro atoms. The van der Waals surface area contributed by atoms with Gasteiger partial charge in [-0.3, -0.25) is 9.47 Å². The van der Waals surface area contributed by atoms with Gasteiger partial charge in [0.05, 0.1) is 33.2 Å². The van der Waals surface area contributed by atoms with Crippen LogP contribution in [0.2, 0.25) is 0 Å². The van der Waals surface area contributed by atoms with Crippen LogP contribution in [0, 0.1) is 0 Å². The molecule has 2 fully saturated rings. The predicted molar refractivity (Wildman–Crippen MR) is 256 cm³/mol. The number of rotatable bonds is 15. The molecule has 0 aliphatic carbocycles. The van der Waals surface area contributed by atoms with Crippen molar-refractivity contribution in [1.29, 1.82) is 0 Å². The average molecular weight is 879 g/mol. The van der Waals surface area contributed by atoms with Crippen molar-refractivity contribution in [3.05, 3.63) is 216 Å². The minimum atomic E-state index is -1.02. The molecule has 0 radical (unpaired) electrons. The Labute approximate surface area is 385 Å². The largest absolute Gasteiger partial charge is 0.497 e. The van der Waals surface area contributed by atoms with E-state index in [1.165, 1.54) is 0 Å². The van der Waals surface area contributed by atoms with Crippen LogP contribution in [0.3, 0.4) is 0 Å². The summed E-state index contributed by atoms with van der Waals surface area (Å²) in [6.07, 6.45) is 4.21. The van der Waals surface area contributed by atoms with Crippen LogP contribution in [0.5, 0.6) is 11.5 Å². The quantitative estimate of drug-likeness (QED) is 0.0966. The van der Waals surface area contributed by atoms with Crippen LogP contribution in [0.25, 0.3) is 11.2 Å². The van der Waals surface area contributed by atoms with Crippen LogP contribution in [0.4, 0.5) is 5.82 Å². The van der Waals surface area contributed by atoms with Gasteiger partial charge in [-0.25, -0.2) is 15.0 Å². The maximum Gasteiger partial charge on any atom is 0.167 e. The molecule has 10 rings (SSSR count). The van der Waals surface area contributed by atoms with Gasteiger partial charge in [-0.2, -0.15) is 0 Å². The molecular weight excluding hydrogens is 825 g/mol. The minimum Gasteiger partial charge on any atom is -0.497 e. The first kappa shape index (κ1) is 43.0. The number of aliphatic hydroxyl groups is 1. The van der Waals surface area contributed by atoms with Crippen LogP contribution >= 0.6 is 0 Å². The Bertz CT molecular complexity index is 2730. The van der Waals surface area contributed by atoms with E-state index in [-0.39, 0.29) is 12.6 Å². The first-order valence-electron chi connectivity index (χ1n) is 22.7. The van der Waals surface area contributed by atoms with Crippen LogP contribution in [0.1, 0.15) is 58.9 Å². The molecule has 8 aromatic rings. The van der Waals surface area contributed by atoms with Crippen molar-refractivity contribution in [1.82, 2.24) is 24.4 Å². The van der Waals surface area contributed by atoms with E-state index in [0.29, 0.717) is 17.0 Å². The number of methoxy groups -OCH3 is 2. The lowest BCUT2D eigenvalue weighted by molar-refractivity contribution is -0.0909. The fourth-order valence-electron chi connectivity index (χ4n) is 10.1. The van der Waals surface area contributed by atoms with Crippen LogP contribution < -0.4 is 14.8 Å². The van der Waals surface area contributed by atoms with Gasteiger partial charge in [0, 0.05) is 0 Å². The third-order valence-electron chi connectivity index (χ3n) is 13.3. The Kier molecular flexibility index (Phi) is 12.3. The van der Waals surface area contributed by atoms with E-state index >= 15 is 0 Å². The number of hydrogen-bond donors (Lipinski definition) is 2. The maximum atomic E-state index is 12.6. The fourth-order valence-corrected chi connectivity index (χ4v) is 10.1. The summed E-state index contributed by atoms with van der Waals surface area (Å²) in [5, 5.41) is 16.5. The van der Waals surface area contributed by atoms with Gasteiger partial charge in [0.2, 0.25) is 0 Å². The zero-order chi connectivity index (χ0) is 44.9. The number of benzene rings is 6. The molecule has 4 atom stereocenters. The molecule has 0 amide bonds. The molecule has 0 saturated carbocycles. The normalized spacial score (nSPS) is 19.1. The molecule has 11 heteroatoms. The van der Waals surface area contributed by atoms with Crippen molar-refractivity contribution in [2.75, 3.05) is 39.2 Å². The van der Waals surface area contributed by atoms with Gasteiger partial charge in [-0.15, -0.1) is 0 Å².